The third kappa shape index (κ3) is 6.17. The van der Waals surface area contributed by atoms with Crippen LogP contribution in [-0.2, 0) is 11.3 Å². The third-order valence-electron chi connectivity index (χ3n) is 3.06. The van der Waals surface area contributed by atoms with Gasteiger partial charge in [-0.1, -0.05) is 44.0 Å². The fraction of sp³-hybridized carbons (Fsp3) is 0.600. The normalized spacial score (nSPS) is 12.6. The Morgan fingerprint density at radius 3 is 2.89 bits per heavy atom. The third-order valence-corrected chi connectivity index (χ3v) is 4.99. The van der Waals surface area contributed by atoms with Gasteiger partial charge in [0.15, 0.2) is 0 Å². The van der Waals surface area contributed by atoms with Crippen molar-refractivity contribution in [3.8, 4) is 0 Å². The Hall–Kier alpha value is -0.220. The topological polar surface area (TPSA) is 21.3 Å². The first-order valence-corrected chi connectivity index (χ1v) is 8.15. The molecule has 0 saturated heterocycles. The lowest BCUT2D eigenvalue weighted by Crippen LogP contribution is -2.19. The maximum Gasteiger partial charge on any atom is 0.0587 e. The highest BCUT2D eigenvalue weighted by atomic mass is 35.5. The van der Waals surface area contributed by atoms with Gasteiger partial charge in [-0.3, -0.25) is 0 Å². The van der Waals surface area contributed by atoms with Crippen LogP contribution in [0.2, 0.25) is 5.02 Å². The standard InChI is InChI=1S/C15H24ClNOS/c1-4-12(2)11-19-15-13(6-5-7-14(15)16)10-17-8-9-18-3/h5-7,12,17H,4,8-11H2,1-3H3. The number of hydrogen-bond donors (Lipinski definition) is 1. The lowest BCUT2D eigenvalue weighted by molar-refractivity contribution is 0.199. The summed E-state index contributed by atoms with van der Waals surface area (Å²) in [6, 6.07) is 6.13. The largest absolute Gasteiger partial charge is 0.383 e. The number of rotatable bonds is 9. The van der Waals surface area contributed by atoms with E-state index < -0.39 is 0 Å². The first-order chi connectivity index (χ1) is 9.19. The Labute approximate surface area is 126 Å². The quantitative estimate of drug-likeness (QED) is 0.545. The molecule has 1 aromatic carbocycles. The molecule has 19 heavy (non-hydrogen) atoms. The molecular weight excluding hydrogens is 278 g/mol. The van der Waals surface area contributed by atoms with Crippen molar-refractivity contribution in [1.29, 1.82) is 0 Å². The summed E-state index contributed by atoms with van der Waals surface area (Å²) < 4.78 is 5.03. The van der Waals surface area contributed by atoms with Crippen molar-refractivity contribution in [2.24, 2.45) is 5.92 Å². The Kier molecular flexibility index (Phi) is 8.55. The fourth-order valence-corrected chi connectivity index (χ4v) is 3.17. The summed E-state index contributed by atoms with van der Waals surface area (Å²) in [6.07, 6.45) is 1.21. The maximum atomic E-state index is 6.32. The molecule has 1 N–H and O–H groups in total. The predicted molar refractivity (Wildman–Crippen MR) is 85.2 cm³/mol. The Bertz CT molecular complexity index is 373. The molecule has 0 bridgehead atoms. The molecule has 0 aliphatic heterocycles. The average Bonchev–Trinajstić information content (AvgIpc) is 2.42. The van der Waals surface area contributed by atoms with Gasteiger partial charge in [0.2, 0.25) is 0 Å². The predicted octanol–water partition coefficient (Wildman–Crippen LogP) is 4.21. The molecule has 1 rings (SSSR count). The van der Waals surface area contributed by atoms with Crippen LogP contribution in [0, 0.1) is 5.92 Å². The van der Waals surface area contributed by atoms with Crippen molar-refractivity contribution < 1.29 is 4.74 Å². The summed E-state index contributed by atoms with van der Waals surface area (Å²) in [5.41, 5.74) is 1.27. The van der Waals surface area contributed by atoms with Crippen LogP contribution in [0.5, 0.6) is 0 Å². The van der Waals surface area contributed by atoms with Crippen LogP contribution in [0.1, 0.15) is 25.8 Å². The van der Waals surface area contributed by atoms with E-state index in [4.69, 9.17) is 16.3 Å². The Morgan fingerprint density at radius 2 is 2.21 bits per heavy atom. The molecule has 4 heteroatoms. The number of hydrogen-bond acceptors (Lipinski definition) is 3. The zero-order valence-electron chi connectivity index (χ0n) is 12.0. The fourth-order valence-electron chi connectivity index (χ4n) is 1.60. The minimum atomic E-state index is 0.718. The van der Waals surface area contributed by atoms with Gasteiger partial charge in [-0.15, -0.1) is 11.8 Å². The first-order valence-electron chi connectivity index (χ1n) is 6.78. The number of nitrogens with one attached hydrogen (secondary N) is 1. The molecule has 0 heterocycles. The van der Waals surface area contributed by atoms with Crippen LogP contribution in [-0.4, -0.2) is 26.0 Å². The van der Waals surface area contributed by atoms with Crippen molar-refractivity contribution in [1.82, 2.24) is 5.32 Å². The van der Waals surface area contributed by atoms with Crippen LogP contribution in [0.15, 0.2) is 23.1 Å². The molecule has 1 aromatic rings. The monoisotopic (exact) mass is 301 g/mol. The molecule has 0 aliphatic rings. The van der Waals surface area contributed by atoms with Gasteiger partial charge in [0.05, 0.1) is 11.6 Å². The average molecular weight is 302 g/mol. The van der Waals surface area contributed by atoms with Gasteiger partial charge in [-0.05, 0) is 17.5 Å². The van der Waals surface area contributed by atoms with Crippen molar-refractivity contribution in [3.63, 3.8) is 0 Å². The van der Waals surface area contributed by atoms with E-state index >= 15 is 0 Å². The molecule has 0 aliphatic carbocycles. The van der Waals surface area contributed by atoms with Crippen LogP contribution >= 0.6 is 23.4 Å². The summed E-state index contributed by atoms with van der Waals surface area (Å²) in [5, 5.41) is 4.24. The van der Waals surface area contributed by atoms with Gasteiger partial charge in [-0.2, -0.15) is 0 Å². The zero-order valence-corrected chi connectivity index (χ0v) is 13.6. The van der Waals surface area contributed by atoms with Gasteiger partial charge >= 0.3 is 0 Å². The summed E-state index contributed by atoms with van der Waals surface area (Å²) in [6.45, 7) is 6.94. The number of methoxy groups -OCH3 is 1. The molecule has 0 fully saturated rings. The number of halogens is 1. The lowest BCUT2D eigenvalue weighted by atomic mass is 10.2. The Morgan fingerprint density at radius 1 is 1.42 bits per heavy atom. The van der Waals surface area contributed by atoms with Gasteiger partial charge < -0.3 is 10.1 Å². The van der Waals surface area contributed by atoms with Gasteiger partial charge in [0.25, 0.3) is 0 Å². The maximum absolute atomic E-state index is 6.32. The highest BCUT2D eigenvalue weighted by molar-refractivity contribution is 7.99. The second-order valence-electron chi connectivity index (χ2n) is 4.72. The Balaban J connectivity index is 2.61. The molecule has 0 saturated carbocycles. The van der Waals surface area contributed by atoms with Gasteiger partial charge in [0.1, 0.15) is 0 Å². The van der Waals surface area contributed by atoms with Gasteiger partial charge in [0, 0.05) is 30.8 Å². The second-order valence-corrected chi connectivity index (χ2v) is 6.16. The van der Waals surface area contributed by atoms with E-state index in [0.29, 0.717) is 0 Å². The summed E-state index contributed by atoms with van der Waals surface area (Å²) in [5.74, 6) is 1.83. The summed E-state index contributed by atoms with van der Waals surface area (Å²) >= 11 is 8.19. The van der Waals surface area contributed by atoms with E-state index in [1.54, 1.807) is 7.11 Å². The van der Waals surface area contributed by atoms with Gasteiger partial charge in [-0.25, -0.2) is 0 Å². The molecule has 108 valence electrons. The molecule has 2 nitrogen and oxygen atoms in total. The number of ether oxygens (including phenoxy) is 1. The van der Waals surface area contributed by atoms with E-state index in [2.05, 4.69) is 25.2 Å². The first kappa shape index (κ1) is 16.8. The SMILES string of the molecule is CCC(C)CSc1c(Cl)cccc1CNCCOC. The summed E-state index contributed by atoms with van der Waals surface area (Å²) in [4.78, 5) is 1.22. The molecule has 0 amide bonds. The van der Waals surface area contributed by atoms with Crippen molar-refractivity contribution >= 4 is 23.4 Å². The lowest BCUT2D eigenvalue weighted by Gasteiger charge is -2.14. The van der Waals surface area contributed by atoms with Crippen LogP contribution in [0.4, 0.5) is 0 Å². The van der Waals surface area contributed by atoms with E-state index in [9.17, 15) is 0 Å². The van der Waals surface area contributed by atoms with Crippen LogP contribution in [0.25, 0.3) is 0 Å². The van der Waals surface area contributed by atoms with Crippen LogP contribution < -0.4 is 5.32 Å². The van der Waals surface area contributed by atoms with E-state index in [1.807, 2.05) is 23.9 Å². The van der Waals surface area contributed by atoms with E-state index in [-0.39, 0.29) is 0 Å². The molecule has 0 spiro atoms. The second kappa shape index (κ2) is 9.65. The van der Waals surface area contributed by atoms with Crippen molar-refractivity contribution in [2.45, 2.75) is 31.7 Å². The smallest absolute Gasteiger partial charge is 0.0587 e. The number of thioether (sulfide) groups is 1. The molecular formula is C15H24ClNOS. The molecule has 1 unspecified atom stereocenters. The minimum absolute atomic E-state index is 0.718. The highest BCUT2D eigenvalue weighted by Gasteiger charge is 2.09. The van der Waals surface area contributed by atoms with Crippen molar-refractivity contribution in [3.05, 3.63) is 28.8 Å². The zero-order chi connectivity index (χ0) is 14.1. The van der Waals surface area contributed by atoms with E-state index in [1.165, 1.54) is 16.9 Å². The van der Waals surface area contributed by atoms with E-state index in [0.717, 1.165) is 36.4 Å². The van der Waals surface area contributed by atoms with Crippen molar-refractivity contribution in [2.75, 3.05) is 26.0 Å². The molecule has 0 aromatic heterocycles. The summed E-state index contributed by atoms with van der Waals surface area (Å²) in [7, 11) is 1.72. The number of benzene rings is 1. The molecule has 0 radical (unpaired) electrons. The highest BCUT2D eigenvalue weighted by Crippen LogP contribution is 2.32. The molecule has 1 atom stereocenters. The minimum Gasteiger partial charge on any atom is -0.383 e. The van der Waals surface area contributed by atoms with Crippen LogP contribution in [0.3, 0.4) is 0 Å².